The van der Waals surface area contributed by atoms with Gasteiger partial charge in [-0.05, 0) is 91.5 Å². The van der Waals surface area contributed by atoms with Crippen molar-refractivity contribution in [1.29, 1.82) is 0 Å². The molecule has 11 heteroatoms. The van der Waals surface area contributed by atoms with Gasteiger partial charge in [0.15, 0.2) is 0 Å². The van der Waals surface area contributed by atoms with Crippen molar-refractivity contribution in [2.75, 3.05) is 62.2 Å². The number of H-pyrrole nitrogens is 1. The third-order valence-electron chi connectivity index (χ3n) is 11.1. The zero-order valence-electron chi connectivity index (χ0n) is 30.5. The molecule has 0 saturated carbocycles. The molecule has 3 fully saturated rings. The minimum atomic E-state index is -0.582. The number of aromatic nitrogens is 1. The second kappa shape index (κ2) is 16.6. The molecular formula is C41H48LiN6O4-. The number of benzene rings is 3. The first-order chi connectivity index (χ1) is 24.5. The van der Waals surface area contributed by atoms with E-state index in [0.717, 1.165) is 100 Å². The second-order valence-electron chi connectivity index (χ2n) is 14.1. The molecule has 10 nitrogen and oxygen atoms in total. The van der Waals surface area contributed by atoms with Crippen molar-refractivity contribution in [2.45, 2.75) is 57.0 Å². The Morgan fingerprint density at radius 1 is 0.846 bits per heavy atom. The predicted molar refractivity (Wildman–Crippen MR) is 200 cm³/mol. The average molecular weight is 696 g/mol. The van der Waals surface area contributed by atoms with Crippen LogP contribution in [0.3, 0.4) is 0 Å². The summed E-state index contributed by atoms with van der Waals surface area (Å²) in [6.45, 7) is 8.18. The number of imide groups is 1. The molecule has 2 N–H and O–H groups in total. The third-order valence-corrected chi connectivity index (χ3v) is 11.1. The largest absolute Gasteiger partial charge is 1.00 e. The van der Waals surface area contributed by atoms with E-state index in [0.29, 0.717) is 24.4 Å². The van der Waals surface area contributed by atoms with Gasteiger partial charge in [-0.1, -0.05) is 24.4 Å². The molecule has 268 valence electrons. The minimum Gasteiger partial charge on any atom is -0.494 e. The maximum absolute atomic E-state index is 13.1. The molecule has 3 saturated heterocycles. The minimum absolute atomic E-state index is 0. The summed E-state index contributed by atoms with van der Waals surface area (Å²) in [5, 5.41) is 3.52. The Bertz CT molecular complexity index is 1860. The SMILES string of the molecule is O=C1CCC(N2Cc3cc(N4CCN(CCCCOc5ccc(C6CCN(c7cccc8[c-]c[nH]c78)CC6)cc5)CC4)ccc3C2=O)C(=O)N1.[CH3-].[Li+]. The summed E-state index contributed by atoms with van der Waals surface area (Å²) in [7, 11) is 0. The van der Waals surface area contributed by atoms with Crippen LogP contribution >= 0.6 is 0 Å². The van der Waals surface area contributed by atoms with Crippen molar-refractivity contribution in [3.63, 3.8) is 0 Å². The van der Waals surface area contributed by atoms with E-state index in [1.165, 1.54) is 16.8 Å². The number of rotatable bonds is 10. The van der Waals surface area contributed by atoms with E-state index in [2.05, 4.69) is 79.6 Å². The van der Waals surface area contributed by atoms with Gasteiger partial charge in [0.1, 0.15) is 11.8 Å². The fraction of sp³-hybridized carbons (Fsp3) is 0.415. The van der Waals surface area contributed by atoms with Crippen LogP contribution in [0, 0.1) is 13.5 Å². The molecule has 8 rings (SSSR count). The molecule has 1 atom stereocenters. The zero-order valence-corrected chi connectivity index (χ0v) is 30.5. The topological polar surface area (TPSA) is 101 Å². The van der Waals surface area contributed by atoms with Crippen LogP contribution in [-0.2, 0) is 16.1 Å². The number of para-hydroxylation sites is 1. The molecule has 1 aromatic heterocycles. The predicted octanol–water partition coefficient (Wildman–Crippen LogP) is 2.55. The van der Waals surface area contributed by atoms with E-state index in [4.69, 9.17) is 4.74 Å². The number of aromatic amines is 1. The van der Waals surface area contributed by atoms with Gasteiger partial charge in [-0.15, -0.1) is 6.07 Å². The van der Waals surface area contributed by atoms with Crippen molar-refractivity contribution in [2.24, 2.45) is 0 Å². The molecule has 4 aliphatic heterocycles. The molecular weight excluding hydrogens is 647 g/mol. The fourth-order valence-electron chi connectivity index (χ4n) is 8.17. The Morgan fingerprint density at radius 2 is 1.63 bits per heavy atom. The molecule has 4 aromatic rings. The summed E-state index contributed by atoms with van der Waals surface area (Å²) in [5.74, 6) is 0.766. The van der Waals surface area contributed by atoms with Crippen LogP contribution in [0.2, 0.25) is 0 Å². The Balaban J connectivity index is 0.00000232. The Kier molecular flexibility index (Phi) is 12.0. The number of anilines is 2. The Morgan fingerprint density at radius 3 is 2.40 bits per heavy atom. The van der Waals surface area contributed by atoms with Crippen molar-refractivity contribution < 1.29 is 38.0 Å². The number of carbonyl (C=O) groups excluding carboxylic acids is 3. The molecule has 1 unspecified atom stereocenters. The van der Waals surface area contributed by atoms with Gasteiger partial charge >= 0.3 is 18.9 Å². The Labute approximate surface area is 319 Å². The molecule has 3 aromatic carbocycles. The number of hydrogen-bond acceptors (Lipinski definition) is 7. The molecule has 5 heterocycles. The number of nitrogens with zero attached hydrogens (tertiary/aromatic N) is 4. The van der Waals surface area contributed by atoms with E-state index in [1.807, 2.05) is 18.3 Å². The van der Waals surface area contributed by atoms with Gasteiger partial charge in [-0.2, -0.15) is 17.5 Å². The van der Waals surface area contributed by atoms with Crippen LogP contribution in [-0.4, -0.2) is 91.0 Å². The molecule has 52 heavy (non-hydrogen) atoms. The first-order valence-electron chi connectivity index (χ1n) is 18.2. The van der Waals surface area contributed by atoms with Crippen molar-refractivity contribution in [3.8, 4) is 5.75 Å². The monoisotopic (exact) mass is 695 g/mol. The number of piperazine rings is 1. The normalized spacial score (nSPS) is 19.7. The summed E-state index contributed by atoms with van der Waals surface area (Å²) in [5.41, 5.74) is 6.61. The number of fused-ring (bicyclic) bond motifs is 2. The smallest absolute Gasteiger partial charge is 0.494 e. The molecule has 0 aliphatic carbocycles. The van der Waals surface area contributed by atoms with Gasteiger partial charge < -0.3 is 31.8 Å². The Hall–Kier alpha value is -4.23. The van der Waals surface area contributed by atoms with Crippen LogP contribution in [0.15, 0.2) is 66.9 Å². The first-order valence-corrected chi connectivity index (χ1v) is 18.2. The maximum Gasteiger partial charge on any atom is 1.00 e. The number of hydrogen-bond donors (Lipinski definition) is 2. The van der Waals surface area contributed by atoms with E-state index in [9.17, 15) is 14.4 Å². The molecule has 0 spiro atoms. The molecule has 0 bridgehead atoms. The first kappa shape index (κ1) is 37.5. The number of ether oxygens (including phenoxy) is 1. The van der Waals surface area contributed by atoms with Gasteiger partial charge in [0.05, 0.1) is 6.61 Å². The summed E-state index contributed by atoms with van der Waals surface area (Å²) >= 11 is 0. The van der Waals surface area contributed by atoms with Crippen LogP contribution in [0.1, 0.15) is 65.9 Å². The van der Waals surface area contributed by atoms with Crippen molar-refractivity contribution in [1.82, 2.24) is 20.1 Å². The van der Waals surface area contributed by atoms with Gasteiger partial charge in [0.2, 0.25) is 11.8 Å². The molecule has 0 radical (unpaired) electrons. The van der Waals surface area contributed by atoms with Crippen LogP contribution in [0.25, 0.3) is 10.9 Å². The molecule has 4 aliphatic rings. The average Bonchev–Trinajstić information content (AvgIpc) is 3.76. The zero-order chi connectivity index (χ0) is 34.0. The van der Waals surface area contributed by atoms with Gasteiger partial charge in [0, 0.05) is 69.2 Å². The van der Waals surface area contributed by atoms with Gasteiger partial charge in [-0.25, -0.2) is 0 Å². The standard InChI is InChI=1S/C40H45N6O4.CH3.Li/c47-37-13-12-36(39(48)42-37)46-27-31-26-32(8-11-34(31)40(46)49)44-23-21-43(22-24-44)18-1-2-25-50-33-9-6-28(7-10-33)29-15-19-45(20-16-29)35-5-3-4-30-14-17-41-38(30)35;;/h3-11,17,26,29,36,41H,1-2,12-13,15-16,18-25,27H2,(H,42,47,48);1H3;/q2*-1;+1. The molecule has 3 amide bonds. The number of piperidine rings is 2. The number of carbonyl (C=O) groups is 3. The van der Waals surface area contributed by atoms with E-state index >= 15 is 0 Å². The van der Waals surface area contributed by atoms with E-state index < -0.39 is 6.04 Å². The third kappa shape index (κ3) is 7.90. The quantitative estimate of drug-likeness (QED) is 0.114. The number of amides is 3. The van der Waals surface area contributed by atoms with Crippen LogP contribution < -0.4 is 38.7 Å². The van der Waals surface area contributed by atoms with E-state index in [1.54, 1.807) is 4.90 Å². The maximum atomic E-state index is 13.1. The van der Waals surface area contributed by atoms with Crippen LogP contribution in [0.4, 0.5) is 11.4 Å². The second-order valence-corrected chi connectivity index (χ2v) is 14.1. The summed E-state index contributed by atoms with van der Waals surface area (Å²) in [6, 6.07) is 24.0. The van der Waals surface area contributed by atoms with Crippen molar-refractivity contribution >= 4 is 40.0 Å². The van der Waals surface area contributed by atoms with Gasteiger partial charge in [-0.3, -0.25) is 24.6 Å². The number of nitrogens with one attached hydrogen (secondary N) is 2. The van der Waals surface area contributed by atoms with Gasteiger partial charge in [0.25, 0.3) is 5.91 Å². The van der Waals surface area contributed by atoms with Crippen molar-refractivity contribution in [3.05, 3.63) is 97.0 Å². The summed E-state index contributed by atoms with van der Waals surface area (Å²) in [6.07, 6.45) is 6.96. The number of unbranched alkanes of at least 4 members (excludes halogenated alkanes) is 1. The van der Waals surface area contributed by atoms with E-state index in [-0.39, 0.29) is 50.4 Å². The van der Waals surface area contributed by atoms with Crippen LogP contribution in [0.5, 0.6) is 5.75 Å². The summed E-state index contributed by atoms with van der Waals surface area (Å²) in [4.78, 5) is 49.4. The fourth-order valence-corrected chi connectivity index (χ4v) is 8.17. The summed E-state index contributed by atoms with van der Waals surface area (Å²) < 4.78 is 6.12.